The third-order valence-corrected chi connectivity index (χ3v) is 2.84. The van der Waals surface area contributed by atoms with E-state index in [1.54, 1.807) is 7.11 Å². The van der Waals surface area contributed by atoms with Crippen LogP contribution in [-0.4, -0.2) is 13.7 Å². The normalized spacial score (nSPS) is 12.4. The van der Waals surface area contributed by atoms with Gasteiger partial charge in [-0.15, -0.1) is 0 Å². The highest BCUT2D eigenvalue weighted by molar-refractivity contribution is 5.35. The fourth-order valence-electron chi connectivity index (χ4n) is 1.83. The van der Waals surface area contributed by atoms with Gasteiger partial charge in [-0.1, -0.05) is 38.0 Å². The SMILES string of the molecule is CCCCCN[C@H](C)c1ccccc1OC. The van der Waals surface area contributed by atoms with Crippen molar-refractivity contribution in [3.63, 3.8) is 0 Å². The lowest BCUT2D eigenvalue weighted by Crippen LogP contribution is -2.20. The Balaban J connectivity index is 2.48. The van der Waals surface area contributed by atoms with Gasteiger partial charge in [0.2, 0.25) is 0 Å². The van der Waals surface area contributed by atoms with Crippen LogP contribution in [0.2, 0.25) is 0 Å². The first-order valence-corrected chi connectivity index (χ1v) is 6.16. The summed E-state index contributed by atoms with van der Waals surface area (Å²) in [5.74, 6) is 0.970. The minimum absolute atomic E-state index is 0.355. The third-order valence-electron chi connectivity index (χ3n) is 2.84. The molecule has 0 aromatic heterocycles. The Bertz CT molecular complexity index is 299. The quantitative estimate of drug-likeness (QED) is 0.711. The average molecular weight is 221 g/mol. The van der Waals surface area contributed by atoms with Crippen LogP contribution in [0.3, 0.4) is 0 Å². The van der Waals surface area contributed by atoms with Crippen molar-refractivity contribution >= 4 is 0 Å². The van der Waals surface area contributed by atoms with Gasteiger partial charge in [-0.05, 0) is 26.0 Å². The molecule has 0 unspecified atom stereocenters. The van der Waals surface area contributed by atoms with E-state index in [0.717, 1.165) is 12.3 Å². The van der Waals surface area contributed by atoms with Gasteiger partial charge in [0.1, 0.15) is 5.75 Å². The molecule has 90 valence electrons. The molecule has 16 heavy (non-hydrogen) atoms. The van der Waals surface area contributed by atoms with Crippen molar-refractivity contribution in [2.24, 2.45) is 0 Å². The van der Waals surface area contributed by atoms with Crippen LogP contribution in [-0.2, 0) is 0 Å². The van der Waals surface area contributed by atoms with E-state index in [2.05, 4.69) is 31.3 Å². The molecule has 2 nitrogen and oxygen atoms in total. The van der Waals surface area contributed by atoms with E-state index in [4.69, 9.17) is 4.74 Å². The van der Waals surface area contributed by atoms with E-state index in [1.165, 1.54) is 24.8 Å². The Labute approximate surface area is 99.0 Å². The molecule has 0 fully saturated rings. The summed E-state index contributed by atoms with van der Waals surface area (Å²) in [6.07, 6.45) is 3.81. The predicted octanol–water partition coefficient (Wildman–Crippen LogP) is 3.54. The summed E-state index contributed by atoms with van der Waals surface area (Å²) in [5, 5.41) is 3.53. The van der Waals surface area contributed by atoms with Crippen molar-refractivity contribution in [1.29, 1.82) is 0 Å². The maximum Gasteiger partial charge on any atom is 0.123 e. The minimum atomic E-state index is 0.355. The Morgan fingerprint density at radius 3 is 2.69 bits per heavy atom. The maximum atomic E-state index is 5.35. The Morgan fingerprint density at radius 1 is 1.25 bits per heavy atom. The molecule has 1 atom stereocenters. The minimum Gasteiger partial charge on any atom is -0.496 e. The first-order chi connectivity index (χ1) is 7.79. The fourth-order valence-corrected chi connectivity index (χ4v) is 1.83. The van der Waals surface area contributed by atoms with Gasteiger partial charge in [0.15, 0.2) is 0 Å². The van der Waals surface area contributed by atoms with Crippen molar-refractivity contribution in [2.75, 3.05) is 13.7 Å². The summed E-state index contributed by atoms with van der Waals surface area (Å²) in [6.45, 7) is 5.49. The molecule has 0 heterocycles. The summed E-state index contributed by atoms with van der Waals surface area (Å²) in [7, 11) is 1.72. The summed E-state index contributed by atoms with van der Waals surface area (Å²) >= 11 is 0. The van der Waals surface area contributed by atoms with Gasteiger partial charge < -0.3 is 10.1 Å². The summed E-state index contributed by atoms with van der Waals surface area (Å²) < 4.78 is 5.35. The van der Waals surface area contributed by atoms with Crippen molar-refractivity contribution < 1.29 is 4.74 Å². The summed E-state index contributed by atoms with van der Waals surface area (Å²) in [6, 6.07) is 8.55. The molecule has 1 N–H and O–H groups in total. The first kappa shape index (κ1) is 13.0. The second kappa shape index (κ2) is 7.29. The number of rotatable bonds is 7. The second-order valence-electron chi connectivity index (χ2n) is 4.12. The number of hydrogen-bond acceptors (Lipinski definition) is 2. The molecule has 2 heteroatoms. The van der Waals surface area contributed by atoms with Crippen molar-refractivity contribution in [1.82, 2.24) is 5.32 Å². The number of benzene rings is 1. The lowest BCUT2D eigenvalue weighted by Gasteiger charge is -2.17. The van der Waals surface area contributed by atoms with Crippen LogP contribution < -0.4 is 10.1 Å². The van der Waals surface area contributed by atoms with Crippen molar-refractivity contribution in [3.8, 4) is 5.75 Å². The van der Waals surface area contributed by atoms with Crippen LogP contribution in [0.4, 0.5) is 0 Å². The van der Waals surface area contributed by atoms with Gasteiger partial charge in [0.05, 0.1) is 7.11 Å². The fraction of sp³-hybridized carbons (Fsp3) is 0.571. The molecule has 1 aromatic rings. The topological polar surface area (TPSA) is 21.3 Å². The van der Waals surface area contributed by atoms with Gasteiger partial charge >= 0.3 is 0 Å². The number of methoxy groups -OCH3 is 1. The number of ether oxygens (including phenoxy) is 1. The molecule has 0 aliphatic rings. The molecule has 1 rings (SSSR count). The zero-order valence-corrected chi connectivity index (χ0v) is 10.6. The van der Waals surface area contributed by atoms with E-state index in [0.29, 0.717) is 6.04 Å². The van der Waals surface area contributed by atoms with E-state index in [9.17, 15) is 0 Å². The molecule has 0 aliphatic carbocycles. The Kier molecular flexibility index (Phi) is 5.94. The maximum absolute atomic E-state index is 5.35. The number of nitrogens with one attached hydrogen (secondary N) is 1. The number of hydrogen-bond donors (Lipinski definition) is 1. The second-order valence-corrected chi connectivity index (χ2v) is 4.12. The molecule has 0 saturated carbocycles. The van der Waals surface area contributed by atoms with Crippen LogP contribution in [0.25, 0.3) is 0 Å². The average Bonchev–Trinajstić information content (AvgIpc) is 2.34. The summed E-state index contributed by atoms with van der Waals surface area (Å²) in [4.78, 5) is 0. The van der Waals surface area contributed by atoms with Crippen LogP contribution in [0.5, 0.6) is 5.75 Å². The molecule has 0 saturated heterocycles. The van der Waals surface area contributed by atoms with Crippen LogP contribution in [0.15, 0.2) is 24.3 Å². The van der Waals surface area contributed by atoms with Gasteiger partial charge in [0, 0.05) is 11.6 Å². The van der Waals surface area contributed by atoms with Crippen molar-refractivity contribution in [2.45, 2.75) is 39.2 Å². The monoisotopic (exact) mass is 221 g/mol. The van der Waals surface area contributed by atoms with Gasteiger partial charge in [-0.3, -0.25) is 0 Å². The van der Waals surface area contributed by atoms with E-state index >= 15 is 0 Å². The van der Waals surface area contributed by atoms with E-state index in [1.807, 2.05) is 12.1 Å². The molecule has 1 aromatic carbocycles. The molecule has 0 bridgehead atoms. The molecular formula is C14H23NO. The molecule has 0 radical (unpaired) electrons. The van der Waals surface area contributed by atoms with E-state index < -0.39 is 0 Å². The number of unbranched alkanes of at least 4 members (excludes halogenated alkanes) is 2. The first-order valence-electron chi connectivity index (χ1n) is 6.16. The molecule has 0 spiro atoms. The Morgan fingerprint density at radius 2 is 2.00 bits per heavy atom. The smallest absolute Gasteiger partial charge is 0.123 e. The number of para-hydroxylation sites is 1. The highest BCUT2D eigenvalue weighted by Gasteiger charge is 2.09. The highest BCUT2D eigenvalue weighted by Crippen LogP contribution is 2.24. The van der Waals surface area contributed by atoms with Crippen LogP contribution in [0, 0.1) is 0 Å². The van der Waals surface area contributed by atoms with Crippen LogP contribution in [0.1, 0.15) is 44.7 Å². The van der Waals surface area contributed by atoms with E-state index in [-0.39, 0.29) is 0 Å². The largest absolute Gasteiger partial charge is 0.496 e. The molecular weight excluding hydrogens is 198 g/mol. The van der Waals surface area contributed by atoms with Crippen molar-refractivity contribution in [3.05, 3.63) is 29.8 Å². The van der Waals surface area contributed by atoms with Crippen LogP contribution >= 0.6 is 0 Å². The standard InChI is InChI=1S/C14H23NO/c1-4-5-8-11-15-12(2)13-9-6-7-10-14(13)16-3/h6-7,9-10,12,15H,4-5,8,11H2,1-3H3/t12-/m1/s1. The predicted molar refractivity (Wildman–Crippen MR) is 68.9 cm³/mol. The lowest BCUT2D eigenvalue weighted by molar-refractivity contribution is 0.401. The summed E-state index contributed by atoms with van der Waals surface area (Å²) in [5.41, 5.74) is 1.24. The zero-order chi connectivity index (χ0) is 11.8. The highest BCUT2D eigenvalue weighted by atomic mass is 16.5. The lowest BCUT2D eigenvalue weighted by atomic mass is 10.1. The van der Waals surface area contributed by atoms with Gasteiger partial charge in [0.25, 0.3) is 0 Å². The third kappa shape index (κ3) is 3.86. The molecule has 0 amide bonds. The van der Waals surface area contributed by atoms with Gasteiger partial charge in [-0.2, -0.15) is 0 Å². The molecule has 0 aliphatic heterocycles. The zero-order valence-electron chi connectivity index (χ0n) is 10.6. The Hall–Kier alpha value is -1.02. The van der Waals surface area contributed by atoms with Gasteiger partial charge in [-0.25, -0.2) is 0 Å².